The molecular formula is C32H35N3O2S. The highest BCUT2D eigenvalue weighted by Crippen LogP contribution is 2.44. The number of nitrogens with two attached hydrogens (primary N) is 1. The number of anilines is 1. The second-order valence-corrected chi connectivity index (χ2v) is 12.5. The van der Waals surface area contributed by atoms with Crippen LogP contribution in [-0.2, 0) is 19.3 Å². The summed E-state index contributed by atoms with van der Waals surface area (Å²) < 4.78 is 0. The number of rotatable bonds is 6. The molecular weight excluding hydrogens is 490 g/mol. The van der Waals surface area contributed by atoms with Crippen molar-refractivity contribution in [2.75, 3.05) is 5.32 Å². The van der Waals surface area contributed by atoms with Crippen LogP contribution in [0.3, 0.4) is 0 Å². The number of nitrogens with one attached hydrogen (secondary N) is 1. The van der Waals surface area contributed by atoms with Gasteiger partial charge in [-0.3, -0.25) is 9.59 Å². The van der Waals surface area contributed by atoms with Crippen molar-refractivity contribution in [1.82, 2.24) is 4.98 Å². The van der Waals surface area contributed by atoms with Gasteiger partial charge >= 0.3 is 0 Å². The molecule has 1 atom stereocenters. The summed E-state index contributed by atoms with van der Waals surface area (Å²) in [5, 5.41) is 4.39. The van der Waals surface area contributed by atoms with Gasteiger partial charge in [0.25, 0.3) is 11.8 Å². The van der Waals surface area contributed by atoms with Crippen LogP contribution in [0.2, 0.25) is 0 Å². The number of para-hydroxylation sites is 1. The van der Waals surface area contributed by atoms with Crippen LogP contribution < -0.4 is 11.1 Å². The topological polar surface area (TPSA) is 85.1 Å². The molecule has 0 bridgehead atoms. The van der Waals surface area contributed by atoms with E-state index in [0.29, 0.717) is 22.0 Å². The first-order chi connectivity index (χ1) is 18.2. The molecule has 6 heteroatoms. The molecule has 1 aliphatic rings. The van der Waals surface area contributed by atoms with Crippen LogP contribution in [-0.4, -0.2) is 16.8 Å². The third-order valence-corrected chi connectivity index (χ3v) is 8.88. The van der Waals surface area contributed by atoms with Gasteiger partial charge in [0, 0.05) is 15.8 Å². The maximum Gasteiger partial charge on any atom is 0.257 e. The van der Waals surface area contributed by atoms with E-state index in [1.54, 1.807) is 0 Å². The Bertz CT molecular complexity index is 1510. The number of carbonyl (C=O) groups is 2. The van der Waals surface area contributed by atoms with E-state index in [-0.39, 0.29) is 11.3 Å². The molecule has 0 aliphatic heterocycles. The van der Waals surface area contributed by atoms with E-state index in [9.17, 15) is 9.59 Å². The van der Waals surface area contributed by atoms with Gasteiger partial charge in [0.15, 0.2) is 0 Å². The molecule has 2 heterocycles. The van der Waals surface area contributed by atoms with E-state index in [1.165, 1.54) is 16.9 Å². The van der Waals surface area contributed by atoms with Crippen molar-refractivity contribution in [3.63, 3.8) is 0 Å². The minimum atomic E-state index is -0.487. The molecule has 0 fully saturated rings. The smallest absolute Gasteiger partial charge is 0.257 e. The third kappa shape index (κ3) is 5.10. The minimum Gasteiger partial charge on any atom is -0.365 e. The van der Waals surface area contributed by atoms with Gasteiger partial charge in [0.2, 0.25) is 0 Å². The molecule has 3 N–H and O–H groups in total. The van der Waals surface area contributed by atoms with Gasteiger partial charge in [-0.1, -0.05) is 76.6 Å². The van der Waals surface area contributed by atoms with Gasteiger partial charge in [0.05, 0.1) is 22.3 Å². The molecule has 0 radical (unpaired) electrons. The van der Waals surface area contributed by atoms with E-state index in [1.807, 2.05) is 30.3 Å². The summed E-state index contributed by atoms with van der Waals surface area (Å²) >= 11 is 1.50. The lowest BCUT2D eigenvalue weighted by atomic mass is 9.72. The normalized spacial score (nSPS) is 15.3. The van der Waals surface area contributed by atoms with Crippen LogP contribution in [0.5, 0.6) is 0 Å². The minimum absolute atomic E-state index is 0.180. The van der Waals surface area contributed by atoms with Crippen molar-refractivity contribution >= 4 is 39.1 Å². The van der Waals surface area contributed by atoms with Crippen molar-refractivity contribution < 1.29 is 9.59 Å². The third-order valence-electron chi connectivity index (χ3n) is 7.71. The number of primary amides is 1. The summed E-state index contributed by atoms with van der Waals surface area (Å²) in [6.45, 7) is 8.95. The summed E-state index contributed by atoms with van der Waals surface area (Å²) in [5.74, 6) is -0.228. The average molecular weight is 526 g/mol. The molecule has 5 rings (SSSR count). The zero-order valence-electron chi connectivity index (χ0n) is 22.6. The number of amides is 2. The Hall–Kier alpha value is -3.51. The predicted octanol–water partition coefficient (Wildman–Crippen LogP) is 7.42. The molecule has 2 aromatic heterocycles. The Morgan fingerprint density at radius 3 is 2.53 bits per heavy atom. The summed E-state index contributed by atoms with van der Waals surface area (Å²) in [5.41, 5.74) is 11.8. The highest BCUT2D eigenvalue weighted by atomic mass is 32.1. The Balaban J connectivity index is 1.52. The molecule has 2 amide bonds. The number of hydrogen-bond acceptors (Lipinski definition) is 4. The fraction of sp³-hybridized carbons (Fsp3) is 0.344. The number of aromatic nitrogens is 1. The Labute approximate surface area is 228 Å². The lowest BCUT2D eigenvalue weighted by Gasteiger charge is -2.33. The second-order valence-electron chi connectivity index (χ2n) is 11.4. The van der Waals surface area contributed by atoms with E-state index >= 15 is 0 Å². The maximum absolute atomic E-state index is 13.8. The molecule has 0 saturated carbocycles. The van der Waals surface area contributed by atoms with Crippen LogP contribution in [0.4, 0.5) is 5.00 Å². The van der Waals surface area contributed by atoms with Crippen LogP contribution >= 0.6 is 11.3 Å². The number of hydrogen-bond donors (Lipinski definition) is 2. The quantitative estimate of drug-likeness (QED) is 0.275. The van der Waals surface area contributed by atoms with Gasteiger partial charge < -0.3 is 11.1 Å². The number of nitrogens with zero attached hydrogens (tertiary/aromatic N) is 1. The van der Waals surface area contributed by atoms with Gasteiger partial charge in [-0.25, -0.2) is 4.98 Å². The molecule has 1 aliphatic carbocycles. The zero-order chi connectivity index (χ0) is 27.0. The summed E-state index contributed by atoms with van der Waals surface area (Å²) in [6.07, 6.45) is 4.83. The first-order valence-corrected chi connectivity index (χ1v) is 14.2. The van der Waals surface area contributed by atoms with Crippen LogP contribution in [0.15, 0.2) is 54.6 Å². The van der Waals surface area contributed by atoms with E-state index in [4.69, 9.17) is 10.7 Å². The van der Waals surface area contributed by atoms with Crippen LogP contribution in [0.25, 0.3) is 22.2 Å². The van der Waals surface area contributed by atoms with Crippen LogP contribution in [0.1, 0.15) is 77.3 Å². The first kappa shape index (κ1) is 26.1. The van der Waals surface area contributed by atoms with Crippen molar-refractivity contribution in [1.29, 1.82) is 0 Å². The number of pyridine rings is 1. The van der Waals surface area contributed by atoms with Gasteiger partial charge in [0.1, 0.15) is 5.00 Å². The lowest BCUT2D eigenvalue weighted by molar-refractivity contribution is 0.1000. The molecule has 5 nitrogen and oxygen atoms in total. The molecule has 0 saturated heterocycles. The number of aryl methyl sites for hydroxylation is 1. The SMILES string of the molecule is CCCc1ccc(-c2cc(C(=O)Nc3sc4c(c3C(N)=O)CC[C@@H](C(C)(C)C)C4)c3ccccc3n2)cc1. The number of thiophene rings is 1. The Morgan fingerprint density at radius 2 is 1.84 bits per heavy atom. The first-order valence-electron chi connectivity index (χ1n) is 13.4. The molecule has 0 spiro atoms. The predicted molar refractivity (Wildman–Crippen MR) is 157 cm³/mol. The van der Waals surface area contributed by atoms with E-state index < -0.39 is 5.91 Å². The van der Waals surface area contributed by atoms with Gasteiger partial charge in [-0.05, 0) is 60.3 Å². The van der Waals surface area contributed by atoms with E-state index in [0.717, 1.165) is 64.7 Å². The number of carbonyl (C=O) groups excluding carboxylic acids is 2. The summed E-state index contributed by atoms with van der Waals surface area (Å²) in [4.78, 5) is 32.3. The fourth-order valence-electron chi connectivity index (χ4n) is 5.49. The standard InChI is InChI=1S/C32H35N3O2S/c1-5-8-19-11-13-20(14-12-19)26-18-24(22-9-6-7-10-25(22)34-26)30(37)35-31-28(29(33)36)23-16-15-21(32(2,3)4)17-27(23)38-31/h6-7,9-14,18,21H,5,8,15-17H2,1-4H3,(H2,33,36)(H,35,37)/t21-/m1/s1. The molecule has 38 heavy (non-hydrogen) atoms. The van der Waals surface area contributed by atoms with Gasteiger partial charge in [-0.15, -0.1) is 11.3 Å². The average Bonchev–Trinajstić information content (AvgIpc) is 3.25. The molecule has 2 aromatic carbocycles. The van der Waals surface area contributed by atoms with Crippen molar-refractivity contribution in [2.24, 2.45) is 17.1 Å². The maximum atomic E-state index is 13.8. The van der Waals surface area contributed by atoms with Crippen molar-refractivity contribution in [3.8, 4) is 11.3 Å². The second kappa shape index (κ2) is 10.3. The highest BCUT2D eigenvalue weighted by molar-refractivity contribution is 7.17. The Morgan fingerprint density at radius 1 is 1.11 bits per heavy atom. The van der Waals surface area contributed by atoms with Crippen molar-refractivity contribution in [3.05, 3.63) is 81.7 Å². The van der Waals surface area contributed by atoms with Crippen molar-refractivity contribution in [2.45, 2.75) is 59.8 Å². The largest absolute Gasteiger partial charge is 0.365 e. The molecule has 4 aromatic rings. The van der Waals surface area contributed by atoms with Gasteiger partial charge in [-0.2, -0.15) is 0 Å². The lowest BCUT2D eigenvalue weighted by Crippen LogP contribution is -2.27. The number of benzene rings is 2. The Kier molecular flexibility index (Phi) is 7.10. The summed E-state index contributed by atoms with van der Waals surface area (Å²) in [7, 11) is 0. The zero-order valence-corrected chi connectivity index (χ0v) is 23.4. The fourth-order valence-corrected chi connectivity index (χ4v) is 6.81. The van der Waals surface area contributed by atoms with E-state index in [2.05, 4.69) is 57.3 Å². The monoisotopic (exact) mass is 525 g/mol. The molecule has 196 valence electrons. The molecule has 0 unspecified atom stereocenters. The van der Waals surface area contributed by atoms with Crippen LogP contribution in [0, 0.1) is 11.3 Å². The number of fused-ring (bicyclic) bond motifs is 2. The summed E-state index contributed by atoms with van der Waals surface area (Å²) in [6, 6.07) is 17.9. The highest BCUT2D eigenvalue weighted by Gasteiger charge is 2.33.